The summed E-state index contributed by atoms with van der Waals surface area (Å²) in [6, 6.07) is 7.83. The van der Waals surface area contributed by atoms with Gasteiger partial charge in [0, 0.05) is 0 Å². The molecular weight excluding hydrogens is 212 g/mol. The Kier molecular flexibility index (Phi) is 2.66. The monoisotopic (exact) mass is 222 g/mol. The molecule has 15 heavy (non-hydrogen) atoms. The van der Waals surface area contributed by atoms with E-state index in [1.807, 2.05) is 31.2 Å². The van der Waals surface area contributed by atoms with Crippen molar-refractivity contribution in [1.82, 2.24) is 9.97 Å². The lowest BCUT2D eigenvalue weighted by Crippen LogP contribution is -1.90. The molecule has 0 fully saturated rings. The first-order valence-electron chi connectivity index (χ1n) is 4.40. The van der Waals surface area contributed by atoms with Crippen molar-refractivity contribution >= 4 is 11.1 Å². The molecule has 2 N–H and O–H groups in total. The van der Waals surface area contributed by atoms with Gasteiger partial charge >= 0.3 is 0 Å². The number of benzene rings is 1. The van der Waals surface area contributed by atoms with Crippen molar-refractivity contribution in [3.05, 3.63) is 36.0 Å². The fraction of sp³-hybridized carbons (Fsp3) is 0.100. The molecule has 0 aliphatic carbocycles. The zero-order valence-electron chi connectivity index (χ0n) is 8.10. The minimum Gasteiger partial charge on any atom is -0.329 e. The highest BCUT2D eigenvalue weighted by atomic mass is 32.2. The number of nitrogens with zero attached hydrogens (tertiary/aromatic N) is 1. The maximum absolute atomic E-state index is 10.7. The van der Waals surface area contributed by atoms with E-state index < -0.39 is 11.1 Å². The smallest absolute Gasteiger partial charge is 0.225 e. The molecule has 2 aromatic rings. The van der Waals surface area contributed by atoms with E-state index >= 15 is 0 Å². The third-order valence-corrected chi connectivity index (χ3v) is 2.62. The summed E-state index contributed by atoms with van der Waals surface area (Å²) in [5, 5.41) is 0.0746. The predicted octanol–water partition coefficient (Wildman–Crippen LogP) is 1.97. The van der Waals surface area contributed by atoms with Gasteiger partial charge in [0.25, 0.3) is 0 Å². The van der Waals surface area contributed by atoms with Crippen LogP contribution in [0.15, 0.2) is 35.6 Å². The van der Waals surface area contributed by atoms with Crippen LogP contribution in [0.4, 0.5) is 0 Å². The van der Waals surface area contributed by atoms with Crippen molar-refractivity contribution in [2.75, 3.05) is 0 Å². The standard InChI is InChI=1S/C10H10N2O2S/c1-7-2-4-8(5-3-7)9-6-11-10(12-9)15(13)14/h2-6H,1H3,(H,11,12)(H,13,14). The lowest BCUT2D eigenvalue weighted by atomic mass is 10.1. The van der Waals surface area contributed by atoms with Gasteiger partial charge in [-0.25, -0.2) is 9.19 Å². The first-order chi connectivity index (χ1) is 7.16. The number of nitrogens with one attached hydrogen (secondary N) is 1. The molecular formula is C10H10N2O2S. The fourth-order valence-corrected chi connectivity index (χ4v) is 1.61. The highest BCUT2D eigenvalue weighted by molar-refractivity contribution is 7.79. The summed E-state index contributed by atoms with van der Waals surface area (Å²) in [7, 11) is 0. The molecule has 1 aromatic carbocycles. The van der Waals surface area contributed by atoms with Crippen molar-refractivity contribution < 1.29 is 8.76 Å². The van der Waals surface area contributed by atoms with E-state index in [1.54, 1.807) is 6.20 Å². The third-order valence-electron chi connectivity index (χ3n) is 2.08. The fourth-order valence-electron chi connectivity index (χ4n) is 1.27. The van der Waals surface area contributed by atoms with Crippen molar-refractivity contribution in [1.29, 1.82) is 0 Å². The number of hydrogen-bond acceptors (Lipinski definition) is 2. The number of rotatable bonds is 2. The third kappa shape index (κ3) is 2.14. The Morgan fingerprint density at radius 3 is 2.53 bits per heavy atom. The first kappa shape index (κ1) is 10.1. The number of hydrogen-bond donors (Lipinski definition) is 2. The zero-order valence-corrected chi connectivity index (χ0v) is 8.91. The molecule has 4 nitrogen and oxygen atoms in total. The van der Waals surface area contributed by atoms with Gasteiger partial charge in [0.15, 0.2) is 0 Å². The second kappa shape index (κ2) is 3.96. The van der Waals surface area contributed by atoms with E-state index in [1.165, 1.54) is 5.56 Å². The van der Waals surface area contributed by atoms with Gasteiger partial charge in [0.05, 0.1) is 11.9 Å². The van der Waals surface area contributed by atoms with E-state index in [9.17, 15) is 4.21 Å². The molecule has 0 bridgehead atoms. The Morgan fingerprint density at radius 1 is 1.33 bits per heavy atom. The highest BCUT2D eigenvalue weighted by Crippen LogP contribution is 2.17. The van der Waals surface area contributed by atoms with Crippen LogP contribution in [0.1, 0.15) is 5.56 Å². The van der Waals surface area contributed by atoms with Gasteiger partial charge in [-0.1, -0.05) is 29.8 Å². The molecule has 0 aliphatic heterocycles. The van der Waals surface area contributed by atoms with Gasteiger partial charge in [-0.05, 0) is 12.5 Å². The maximum Gasteiger partial charge on any atom is 0.225 e. The molecule has 0 aliphatic rings. The van der Waals surface area contributed by atoms with Crippen molar-refractivity contribution in [2.45, 2.75) is 12.1 Å². The predicted molar refractivity (Wildman–Crippen MR) is 57.8 cm³/mol. The Labute approximate surface area is 89.7 Å². The van der Waals surface area contributed by atoms with Gasteiger partial charge in [-0.15, -0.1) is 0 Å². The molecule has 0 spiro atoms. The van der Waals surface area contributed by atoms with Crippen LogP contribution in [0.25, 0.3) is 11.3 Å². The lowest BCUT2D eigenvalue weighted by Gasteiger charge is -1.97. The quantitative estimate of drug-likeness (QED) is 0.763. The van der Waals surface area contributed by atoms with Crippen molar-refractivity contribution in [2.24, 2.45) is 0 Å². The lowest BCUT2D eigenvalue weighted by molar-refractivity contribution is 0.557. The van der Waals surface area contributed by atoms with Crippen LogP contribution in [0.5, 0.6) is 0 Å². The zero-order chi connectivity index (χ0) is 10.8. The average molecular weight is 222 g/mol. The van der Waals surface area contributed by atoms with Crippen LogP contribution in [0, 0.1) is 6.92 Å². The van der Waals surface area contributed by atoms with E-state index in [0.717, 1.165) is 11.3 Å². The van der Waals surface area contributed by atoms with Gasteiger partial charge < -0.3 is 4.98 Å². The normalized spacial score (nSPS) is 12.7. The second-order valence-corrected chi connectivity index (χ2v) is 4.10. The van der Waals surface area contributed by atoms with Crippen LogP contribution >= 0.6 is 0 Å². The van der Waals surface area contributed by atoms with Gasteiger partial charge in [0.1, 0.15) is 0 Å². The van der Waals surface area contributed by atoms with E-state index in [-0.39, 0.29) is 5.16 Å². The molecule has 1 heterocycles. The SMILES string of the molecule is Cc1ccc(-c2cnc(S(=O)O)[nH]2)cc1. The summed E-state index contributed by atoms with van der Waals surface area (Å²) in [6.45, 7) is 2.00. The highest BCUT2D eigenvalue weighted by Gasteiger charge is 2.06. The molecule has 1 atom stereocenters. The molecule has 78 valence electrons. The summed E-state index contributed by atoms with van der Waals surface area (Å²) in [5.41, 5.74) is 2.86. The van der Waals surface area contributed by atoms with Gasteiger partial charge in [0.2, 0.25) is 16.2 Å². The van der Waals surface area contributed by atoms with Crippen LogP contribution in [0.3, 0.4) is 0 Å². The number of imidazole rings is 1. The summed E-state index contributed by atoms with van der Waals surface area (Å²) in [5.74, 6) is 0. The minimum absolute atomic E-state index is 0.0746. The average Bonchev–Trinajstić information content (AvgIpc) is 2.68. The van der Waals surface area contributed by atoms with Crippen molar-refractivity contribution in [3.8, 4) is 11.3 Å². The van der Waals surface area contributed by atoms with E-state index in [2.05, 4.69) is 9.97 Å². The van der Waals surface area contributed by atoms with Crippen LogP contribution < -0.4 is 0 Å². The Balaban J connectivity index is 2.37. The van der Waals surface area contributed by atoms with Crippen LogP contribution in [-0.4, -0.2) is 18.7 Å². The van der Waals surface area contributed by atoms with E-state index in [4.69, 9.17) is 4.55 Å². The Morgan fingerprint density at radius 2 is 2.00 bits per heavy atom. The van der Waals surface area contributed by atoms with Gasteiger partial charge in [-0.3, -0.25) is 4.55 Å². The summed E-state index contributed by atoms with van der Waals surface area (Å²) in [4.78, 5) is 6.60. The maximum atomic E-state index is 10.7. The molecule has 0 saturated heterocycles. The summed E-state index contributed by atoms with van der Waals surface area (Å²) < 4.78 is 19.5. The number of aromatic nitrogens is 2. The number of aryl methyl sites for hydroxylation is 1. The van der Waals surface area contributed by atoms with Crippen molar-refractivity contribution in [3.63, 3.8) is 0 Å². The van der Waals surface area contributed by atoms with E-state index in [0.29, 0.717) is 0 Å². The Bertz CT molecular complexity index is 490. The summed E-state index contributed by atoms with van der Waals surface area (Å²) >= 11 is -2.05. The molecule has 0 radical (unpaired) electrons. The Hall–Kier alpha value is -1.46. The van der Waals surface area contributed by atoms with Crippen LogP contribution in [0.2, 0.25) is 0 Å². The summed E-state index contributed by atoms with van der Waals surface area (Å²) in [6.07, 6.45) is 1.55. The first-order valence-corrected chi connectivity index (χ1v) is 5.50. The largest absolute Gasteiger partial charge is 0.329 e. The molecule has 2 rings (SSSR count). The molecule has 5 heteroatoms. The second-order valence-electron chi connectivity index (χ2n) is 3.22. The topological polar surface area (TPSA) is 66.0 Å². The molecule has 0 amide bonds. The molecule has 1 aromatic heterocycles. The minimum atomic E-state index is -2.05. The van der Waals surface area contributed by atoms with Gasteiger partial charge in [-0.2, -0.15) is 0 Å². The number of aromatic amines is 1. The number of H-pyrrole nitrogens is 1. The molecule has 0 saturated carbocycles. The van der Waals surface area contributed by atoms with Crippen LogP contribution in [-0.2, 0) is 11.1 Å². The molecule has 1 unspecified atom stereocenters.